The summed E-state index contributed by atoms with van der Waals surface area (Å²) in [5, 5.41) is 14.1. The topological polar surface area (TPSA) is 84.2 Å². The number of benzene rings is 2. The van der Waals surface area contributed by atoms with Gasteiger partial charge in [0.05, 0.1) is 6.20 Å². The Kier molecular flexibility index (Phi) is 4.26. The number of amides is 1. The maximum atomic E-state index is 12.4. The van der Waals surface area contributed by atoms with E-state index in [9.17, 15) is 4.79 Å². The van der Waals surface area contributed by atoms with E-state index in [-0.39, 0.29) is 5.91 Å². The molecule has 0 aliphatic heterocycles. The van der Waals surface area contributed by atoms with Crippen molar-refractivity contribution in [3.63, 3.8) is 0 Å². The Bertz CT molecular complexity index is 1030. The minimum absolute atomic E-state index is 0.220. The van der Waals surface area contributed by atoms with E-state index >= 15 is 0 Å². The van der Waals surface area contributed by atoms with Gasteiger partial charge in [-0.05, 0) is 17.7 Å². The zero-order chi connectivity index (χ0) is 17.8. The second kappa shape index (κ2) is 7.02. The van der Waals surface area contributed by atoms with Crippen LogP contribution in [0.25, 0.3) is 5.65 Å². The number of anilines is 2. The first kappa shape index (κ1) is 15.8. The number of hydrogen-bond acceptors (Lipinski definition) is 5. The fourth-order valence-electron chi connectivity index (χ4n) is 2.60. The summed E-state index contributed by atoms with van der Waals surface area (Å²) in [6, 6.07) is 19.0. The van der Waals surface area contributed by atoms with Crippen molar-refractivity contribution < 1.29 is 4.79 Å². The average Bonchev–Trinajstić information content (AvgIpc) is 3.19. The van der Waals surface area contributed by atoms with Gasteiger partial charge in [0, 0.05) is 12.1 Å². The average molecular weight is 344 g/mol. The Morgan fingerprint density at radius 1 is 1.00 bits per heavy atom. The number of fused-ring (bicyclic) bond motifs is 1. The summed E-state index contributed by atoms with van der Waals surface area (Å²) in [7, 11) is 0. The van der Waals surface area contributed by atoms with Gasteiger partial charge < -0.3 is 10.6 Å². The third-order valence-electron chi connectivity index (χ3n) is 3.91. The SMILES string of the molecule is O=C(Nc1cnc(NCc2ccccc2)n2cnnc12)c1ccccc1. The molecule has 4 rings (SSSR count). The van der Waals surface area contributed by atoms with Crippen molar-refractivity contribution in [3.05, 3.63) is 84.3 Å². The Balaban J connectivity index is 1.57. The lowest BCUT2D eigenvalue weighted by Crippen LogP contribution is -2.14. The summed E-state index contributed by atoms with van der Waals surface area (Å²) in [6.07, 6.45) is 3.14. The molecule has 128 valence electrons. The minimum Gasteiger partial charge on any atom is -0.351 e. The molecule has 0 fully saturated rings. The second-order valence-electron chi connectivity index (χ2n) is 5.68. The quantitative estimate of drug-likeness (QED) is 0.581. The number of carbonyl (C=O) groups excluding carboxylic acids is 1. The minimum atomic E-state index is -0.220. The predicted molar refractivity (Wildman–Crippen MR) is 98.9 cm³/mol. The monoisotopic (exact) mass is 344 g/mol. The van der Waals surface area contributed by atoms with Crippen LogP contribution in [-0.2, 0) is 6.54 Å². The fourth-order valence-corrected chi connectivity index (χ4v) is 2.60. The number of hydrogen-bond donors (Lipinski definition) is 2. The summed E-state index contributed by atoms with van der Waals surface area (Å²) in [5.41, 5.74) is 2.73. The van der Waals surface area contributed by atoms with Gasteiger partial charge in [-0.2, -0.15) is 0 Å². The summed E-state index contributed by atoms with van der Waals surface area (Å²) in [4.78, 5) is 16.8. The van der Waals surface area contributed by atoms with E-state index in [4.69, 9.17) is 0 Å². The van der Waals surface area contributed by atoms with Crippen molar-refractivity contribution in [1.29, 1.82) is 0 Å². The van der Waals surface area contributed by atoms with Gasteiger partial charge in [-0.25, -0.2) is 9.38 Å². The lowest BCUT2D eigenvalue weighted by molar-refractivity contribution is 0.102. The third-order valence-corrected chi connectivity index (χ3v) is 3.91. The van der Waals surface area contributed by atoms with Crippen LogP contribution in [0.15, 0.2) is 73.2 Å². The Hall–Kier alpha value is -3.74. The van der Waals surface area contributed by atoms with Crippen molar-refractivity contribution in [1.82, 2.24) is 19.6 Å². The second-order valence-corrected chi connectivity index (χ2v) is 5.68. The van der Waals surface area contributed by atoms with Crippen LogP contribution in [0.3, 0.4) is 0 Å². The lowest BCUT2D eigenvalue weighted by atomic mass is 10.2. The molecule has 0 spiro atoms. The number of nitrogens with zero attached hydrogens (tertiary/aromatic N) is 4. The number of rotatable bonds is 5. The van der Waals surface area contributed by atoms with Gasteiger partial charge in [0.2, 0.25) is 5.95 Å². The molecule has 2 N–H and O–H groups in total. The zero-order valence-corrected chi connectivity index (χ0v) is 13.8. The molecule has 0 aliphatic carbocycles. The predicted octanol–water partition coefficient (Wildman–Crippen LogP) is 2.99. The van der Waals surface area contributed by atoms with Gasteiger partial charge in [-0.3, -0.25) is 4.79 Å². The molecule has 0 saturated heterocycles. The largest absolute Gasteiger partial charge is 0.351 e. The molecule has 0 bridgehead atoms. The molecule has 7 nitrogen and oxygen atoms in total. The summed E-state index contributed by atoms with van der Waals surface area (Å²) in [5.74, 6) is 0.383. The zero-order valence-electron chi connectivity index (χ0n) is 13.8. The Morgan fingerprint density at radius 2 is 1.73 bits per heavy atom. The van der Waals surface area contributed by atoms with Crippen LogP contribution in [0, 0.1) is 0 Å². The molecule has 2 aromatic heterocycles. The Labute approximate surface area is 149 Å². The first-order valence-corrected chi connectivity index (χ1v) is 8.14. The van der Waals surface area contributed by atoms with E-state index < -0.39 is 0 Å². The van der Waals surface area contributed by atoms with Gasteiger partial charge in [0.25, 0.3) is 5.91 Å². The van der Waals surface area contributed by atoms with Crippen LogP contribution in [-0.4, -0.2) is 25.5 Å². The van der Waals surface area contributed by atoms with Crippen molar-refractivity contribution in [2.45, 2.75) is 6.54 Å². The van der Waals surface area contributed by atoms with Crippen molar-refractivity contribution in [2.24, 2.45) is 0 Å². The molecule has 2 heterocycles. The van der Waals surface area contributed by atoms with Gasteiger partial charge >= 0.3 is 0 Å². The fraction of sp³-hybridized carbons (Fsp3) is 0.0526. The molecule has 2 aromatic carbocycles. The Morgan fingerprint density at radius 3 is 2.50 bits per heavy atom. The van der Waals surface area contributed by atoms with Crippen LogP contribution in [0.2, 0.25) is 0 Å². The van der Waals surface area contributed by atoms with Crippen molar-refractivity contribution in [3.8, 4) is 0 Å². The maximum Gasteiger partial charge on any atom is 0.255 e. The van der Waals surface area contributed by atoms with Crippen molar-refractivity contribution >= 4 is 23.2 Å². The molecular formula is C19H16N6O. The molecule has 0 saturated carbocycles. The summed E-state index contributed by atoms with van der Waals surface area (Å²) in [6.45, 7) is 0.622. The van der Waals surface area contributed by atoms with Gasteiger partial charge in [-0.15, -0.1) is 10.2 Å². The molecule has 4 aromatic rings. The highest BCUT2D eigenvalue weighted by Crippen LogP contribution is 2.18. The van der Waals surface area contributed by atoms with E-state index in [2.05, 4.69) is 25.8 Å². The van der Waals surface area contributed by atoms with Gasteiger partial charge in [0.15, 0.2) is 5.65 Å². The first-order valence-electron chi connectivity index (χ1n) is 8.14. The molecule has 26 heavy (non-hydrogen) atoms. The van der Waals surface area contributed by atoms with E-state index in [1.807, 2.05) is 48.5 Å². The maximum absolute atomic E-state index is 12.4. The highest BCUT2D eigenvalue weighted by atomic mass is 16.1. The molecular weight excluding hydrogens is 328 g/mol. The van der Waals surface area contributed by atoms with Crippen LogP contribution >= 0.6 is 0 Å². The van der Waals surface area contributed by atoms with Crippen LogP contribution in [0.4, 0.5) is 11.6 Å². The molecule has 0 unspecified atom stereocenters. The normalized spacial score (nSPS) is 10.6. The van der Waals surface area contributed by atoms with Gasteiger partial charge in [-0.1, -0.05) is 48.5 Å². The summed E-state index contributed by atoms with van der Waals surface area (Å²) < 4.78 is 1.71. The molecule has 0 radical (unpaired) electrons. The number of aromatic nitrogens is 4. The highest BCUT2D eigenvalue weighted by molar-refractivity contribution is 6.05. The lowest BCUT2D eigenvalue weighted by Gasteiger charge is -2.10. The number of nitrogens with one attached hydrogen (secondary N) is 2. The number of carbonyl (C=O) groups is 1. The molecule has 7 heteroatoms. The highest BCUT2D eigenvalue weighted by Gasteiger charge is 2.13. The van der Waals surface area contributed by atoms with Crippen LogP contribution in [0.1, 0.15) is 15.9 Å². The van der Waals surface area contributed by atoms with Crippen molar-refractivity contribution in [2.75, 3.05) is 10.6 Å². The summed E-state index contributed by atoms with van der Waals surface area (Å²) >= 11 is 0. The smallest absolute Gasteiger partial charge is 0.255 e. The first-order chi connectivity index (χ1) is 12.8. The van der Waals surface area contributed by atoms with E-state index in [1.54, 1.807) is 29.1 Å². The van der Waals surface area contributed by atoms with E-state index in [1.165, 1.54) is 0 Å². The van der Waals surface area contributed by atoms with Crippen LogP contribution in [0.5, 0.6) is 0 Å². The van der Waals surface area contributed by atoms with Gasteiger partial charge in [0.1, 0.15) is 12.0 Å². The van der Waals surface area contributed by atoms with E-state index in [0.29, 0.717) is 29.4 Å². The third kappa shape index (κ3) is 3.23. The standard InChI is InChI=1S/C19H16N6O/c26-18(15-9-5-2-6-10-15)23-16-12-21-19(25-13-22-24-17(16)25)20-11-14-7-3-1-4-8-14/h1-10,12-13H,11H2,(H,20,21)(H,23,26). The molecule has 1 amide bonds. The molecule has 0 aliphatic rings. The van der Waals surface area contributed by atoms with E-state index in [0.717, 1.165) is 5.56 Å². The molecule has 0 atom stereocenters. The van der Waals surface area contributed by atoms with Crippen LogP contribution < -0.4 is 10.6 Å².